The van der Waals surface area contributed by atoms with Crippen LogP contribution in [-0.4, -0.2) is 35.7 Å². The molecule has 1 aromatic carbocycles. The van der Waals surface area contributed by atoms with Gasteiger partial charge >= 0.3 is 0 Å². The Morgan fingerprint density at radius 3 is 2.67 bits per heavy atom. The number of hydrogen-bond acceptors (Lipinski definition) is 6. The monoisotopic (exact) mass is 327 g/mol. The fourth-order valence-electron chi connectivity index (χ4n) is 2.70. The van der Waals surface area contributed by atoms with Crippen LogP contribution in [0.2, 0.25) is 0 Å². The van der Waals surface area contributed by atoms with E-state index in [1.54, 1.807) is 0 Å². The summed E-state index contributed by atoms with van der Waals surface area (Å²) in [5, 5.41) is 9.82. The molecule has 1 aliphatic rings. The van der Waals surface area contributed by atoms with Crippen molar-refractivity contribution in [2.75, 3.05) is 30.3 Å². The van der Waals surface area contributed by atoms with Gasteiger partial charge in [-0.05, 0) is 64.0 Å². The highest BCUT2D eigenvalue weighted by Gasteiger charge is 2.14. The second kappa shape index (κ2) is 7.97. The number of rotatable bonds is 6. The molecule has 0 atom stereocenters. The first kappa shape index (κ1) is 16.5. The molecule has 0 amide bonds. The van der Waals surface area contributed by atoms with Gasteiger partial charge in [0.25, 0.3) is 0 Å². The predicted octanol–water partition coefficient (Wildman–Crippen LogP) is 3.09. The number of aryl methyl sites for hydroxylation is 1. The molecule has 0 unspecified atom stereocenters. The molecule has 128 valence electrons. The summed E-state index contributed by atoms with van der Waals surface area (Å²) in [5.41, 5.74) is 1.98. The minimum atomic E-state index is 0.313. The Morgan fingerprint density at radius 2 is 1.96 bits per heavy atom. The van der Waals surface area contributed by atoms with Crippen molar-refractivity contribution in [3.63, 3.8) is 0 Å². The van der Waals surface area contributed by atoms with Crippen LogP contribution in [0.1, 0.15) is 25.3 Å². The predicted molar refractivity (Wildman–Crippen MR) is 97.2 cm³/mol. The smallest absolute Gasteiger partial charge is 0.229 e. The van der Waals surface area contributed by atoms with Crippen LogP contribution in [0.25, 0.3) is 0 Å². The average Bonchev–Trinajstić information content (AvgIpc) is 2.61. The number of benzene rings is 1. The fourth-order valence-corrected chi connectivity index (χ4v) is 2.70. The molecule has 3 N–H and O–H groups in total. The van der Waals surface area contributed by atoms with Crippen molar-refractivity contribution in [2.45, 2.75) is 32.8 Å². The molecule has 1 aromatic heterocycles. The molecule has 1 fully saturated rings. The molecule has 1 aliphatic heterocycles. The van der Waals surface area contributed by atoms with Gasteiger partial charge in [-0.1, -0.05) is 0 Å². The first-order chi connectivity index (χ1) is 11.7. The van der Waals surface area contributed by atoms with E-state index in [1.165, 1.54) is 0 Å². The average molecular weight is 327 g/mol. The van der Waals surface area contributed by atoms with E-state index in [1.807, 2.05) is 37.4 Å². The van der Waals surface area contributed by atoms with Crippen molar-refractivity contribution >= 4 is 17.5 Å². The van der Waals surface area contributed by atoms with E-state index < -0.39 is 0 Å². The molecule has 6 heteroatoms. The zero-order valence-corrected chi connectivity index (χ0v) is 14.3. The first-order valence-electron chi connectivity index (χ1n) is 8.56. The normalized spacial score (nSPS) is 15.1. The fraction of sp³-hybridized carbons (Fsp3) is 0.444. The highest BCUT2D eigenvalue weighted by atomic mass is 16.5. The number of hydrogen-bond donors (Lipinski definition) is 3. The highest BCUT2D eigenvalue weighted by Crippen LogP contribution is 2.22. The molecule has 0 saturated carbocycles. The topological polar surface area (TPSA) is 71.1 Å². The van der Waals surface area contributed by atoms with Crippen molar-refractivity contribution < 1.29 is 4.74 Å². The molecule has 1 saturated heterocycles. The van der Waals surface area contributed by atoms with Gasteiger partial charge in [-0.15, -0.1) is 0 Å². The van der Waals surface area contributed by atoms with E-state index in [0.717, 1.165) is 55.3 Å². The number of nitrogens with one attached hydrogen (secondary N) is 3. The van der Waals surface area contributed by atoms with Crippen LogP contribution in [-0.2, 0) is 0 Å². The van der Waals surface area contributed by atoms with E-state index in [2.05, 4.69) is 32.8 Å². The minimum absolute atomic E-state index is 0.313. The van der Waals surface area contributed by atoms with Gasteiger partial charge in [-0.25, -0.2) is 4.98 Å². The molecule has 0 radical (unpaired) electrons. The number of nitrogens with zero attached hydrogens (tertiary/aromatic N) is 2. The van der Waals surface area contributed by atoms with Crippen LogP contribution < -0.4 is 20.7 Å². The van der Waals surface area contributed by atoms with Crippen molar-refractivity contribution in [3.05, 3.63) is 36.0 Å². The SMILES string of the molecule is CCNc1nc(Nc2ccc(OC3CCNCC3)cc2)ncc1C. The summed E-state index contributed by atoms with van der Waals surface area (Å²) in [6.45, 7) is 6.94. The zero-order valence-electron chi connectivity index (χ0n) is 14.3. The van der Waals surface area contributed by atoms with Gasteiger partial charge in [0.1, 0.15) is 17.7 Å². The highest BCUT2D eigenvalue weighted by molar-refractivity contribution is 5.57. The van der Waals surface area contributed by atoms with E-state index >= 15 is 0 Å². The third kappa shape index (κ3) is 4.35. The maximum atomic E-state index is 6.02. The van der Waals surface area contributed by atoms with Crippen molar-refractivity contribution in [2.24, 2.45) is 0 Å². The lowest BCUT2D eigenvalue weighted by Crippen LogP contribution is -2.34. The second-order valence-electron chi connectivity index (χ2n) is 5.97. The van der Waals surface area contributed by atoms with E-state index in [-0.39, 0.29) is 0 Å². The summed E-state index contributed by atoms with van der Waals surface area (Å²) in [7, 11) is 0. The Balaban J connectivity index is 1.62. The van der Waals surface area contributed by atoms with E-state index in [9.17, 15) is 0 Å². The van der Waals surface area contributed by atoms with Crippen LogP contribution in [0.4, 0.5) is 17.5 Å². The lowest BCUT2D eigenvalue weighted by molar-refractivity contribution is 0.162. The summed E-state index contributed by atoms with van der Waals surface area (Å²) >= 11 is 0. The van der Waals surface area contributed by atoms with E-state index in [0.29, 0.717) is 12.1 Å². The number of anilines is 3. The number of aromatic nitrogens is 2. The van der Waals surface area contributed by atoms with E-state index in [4.69, 9.17) is 4.74 Å². The Hall–Kier alpha value is -2.34. The second-order valence-corrected chi connectivity index (χ2v) is 5.97. The Morgan fingerprint density at radius 1 is 1.21 bits per heavy atom. The maximum Gasteiger partial charge on any atom is 0.229 e. The van der Waals surface area contributed by atoms with Gasteiger partial charge in [0.2, 0.25) is 5.95 Å². The van der Waals surface area contributed by atoms with Gasteiger partial charge in [0, 0.05) is 24.0 Å². The molecular formula is C18H25N5O. The van der Waals surface area contributed by atoms with Crippen molar-refractivity contribution in [3.8, 4) is 5.75 Å². The summed E-state index contributed by atoms with van der Waals surface area (Å²) in [6, 6.07) is 7.96. The van der Waals surface area contributed by atoms with Crippen molar-refractivity contribution in [1.29, 1.82) is 0 Å². The summed E-state index contributed by atoms with van der Waals surface area (Å²) in [6.07, 6.45) is 4.25. The van der Waals surface area contributed by atoms with Crippen molar-refractivity contribution in [1.82, 2.24) is 15.3 Å². The molecule has 24 heavy (non-hydrogen) atoms. The Bertz CT molecular complexity index is 653. The standard InChI is InChI=1S/C18H25N5O/c1-3-20-17-13(2)12-21-18(23-17)22-14-4-6-15(7-5-14)24-16-8-10-19-11-9-16/h4-7,12,16,19H,3,8-11H2,1-2H3,(H2,20,21,22,23). The summed E-state index contributed by atoms with van der Waals surface area (Å²) in [5.74, 6) is 2.36. The molecule has 3 rings (SSSR count). The Kier molecular flexibility index (Phi) is 5.48. The zero-order chi connectivity index (χ0) is 16.8. The van der Waals surface area contributed by atoms with Gasteiger partial charge in [-0.3, -0.25) is 0 Å². The number of piperidine rings is 1. The molecule has 2 aromatic rings. The minimum Gasteiger partial charge on any atom is -0.490 e. The molecule has 0 bridgehead atoms. The third-order valence-electron chi connectivity index (χ3n) is 4.02. The molecule has 0 spiro atoms. The van der Waals surface area contributed by atoms with Gasteiger partial charge in [-0.2, -0.15) is 4.98 Å². The largest absolute Gasteiger partial charge is 0.490 e. The lowest BCUT2D eigenvalue weighted by Gasteiger charge is -2.23. The summed E-state index contributed by atoms with van der Waals surface area (Å²) < 4.78 is 6.02. The molecule has 6 nitrogen and oxygen atoms in total. The van der Waals surface area contributed by atoms with Gasteiger partial charge in [0.15, 0.2) is 0 Å². The van der Waals surface area contributed by atoms with Crippen LogP contribution in [0.15, 0.2) is 30.5 Å². The quantitative estimate of drug-likeness (QED) is 0.757. The lowest BCUT2D eigenvalue weighted by atomic mass is 10.1. The molecular weight excluding hydrogens is 302 g/mol. The van der Waals surface area contributed by atoms with Crippen LogP contribution in [0.3, 0.4) is 0 Å². The van der Waals surface area contributed by atoms with Gasteiger partial charge < -0.3 is 20.7 Å². The summed E-state index contributed by atoms with van der Waals surface area (Å²) in [4.78, 5) is 8.83. The maximum absolute atomic E-state index is 6.02. The number of ether oxygens (including phenoxy) is 1. The molecule has 2 heterocycles. The van der Waals surface area contributed by atoms with Gasteiger partial charge in [0.05, 0.1) is 0 Å². The third-order valence-corrected chi connectivity index (χ3v) is 4.02. The van der Waals surface area contributed by atoms with Crippen LogP contribution in [0, 0.1) is 6.92 Å². The van der Waals surface area contributed by atoms with Crippen LogP contribution >= 0.6 is 0 Å². The Labute approximate surface area is 143 Å². The molecule has 0 aliphatic carbocycles. The van der Waals surface area contributed by atoms with Crippen LogP contribution in [0.5, 0.6) is 5.75 Å². The first-order valence-corrected chi connectivity index (χ1v) is 8.56.